The first-order valence-corrected chi connectivity index (χ1v) is 10.1. The second kappa shape index (κ2) is 8.27. The minimum absolute atomic E-state index is 0.0421. The van der Waals surface area contributed by atoms with E-state index in [-0.39, 0.29) is 18.4 Å². The Morgan fingerprint density at radius 3 is 2.79 bits per heavy atom. The Hall–Kier alpha value is -2.21. The van der Waals surface area contributed by atoms with E-state index in [1.165, 1.54) is 0 Å². The van der Waals surface area contributed by atoms with Crippen molar-refractivity contribution in [3.8, 4) is 11.5 Å². The summed E-state index contributed by atoms with van der Waals surface area (Å²) in [5.41, 5.74) is 2.69. The molecule has 0 bridgehead atoms. The van der Waals surface area contributed by atoms with Gasteiger partial charge >= 0.3 is 0 Å². The molecule has 2 aliphatic rings. The van der Waals surface area contributed by atoms with Gasteiger partial charge in [-0.15, -0.1) is 0 Å². The number of halogens is 3. The molecule has 29 heavy (non-hydrogen) atoms. The molecular weight excluding hydrogens is 435 g/mol. The molecule has 1 atom stereocenters. The molecule has 1 fully saturated rings. The SMILES string of the molecule is COc1cc(C2CC(=O)NC3=NCC=C32)ccc1OCc1cc(Cl)cc(Cl)c1Cl. The van der Waals surface area contributed by atoms with E-state index in [2.05, 4.69) is 10.3 Å². The van der Waals surface area contributed by atoms with Crippen molar-refractivity contribution in [2.45, 2.75) is 18.9 Å². The molecule has 0 aromatic heterocycles. The van der Waals surface area contributed by atoms with E-state index in [1.807, 2.05) is 24.3 Å². The van der Waals surface area contributed by atoms with Crippen molar-refractivity contribution >= 4 is 46.5 Å². The number of nitrogens with one attached hydrogen (secondary N) is 1. The van der Waals surface area contributed by atoms with Crippen molar-refractivity contribution in [2.75, 3.05) is 13.7 Å². The lowest BCUT2D eigenvalue weighted by atomic mass is 9.85. The lowest BCUT2D eigenvalue weighted by Gasteiger charge is -2.26. The van der Waals surface area contributed by atoms with Crippen LogP contribution in [0.3, 0.4) is 0 Å². The van der Waals surface area contributed by atoms with Crippen LogP contribution in [0.15, 0.2) is 47.0 Å². The van der Waals surface area contributed by atoms with Crippen molar-refractivity contribution in [3.05, 3.63) is 68.2 Å². The summed E-state index contributed by atoms with van der Waals surface area (Å²) >= 11 is 18.4. The van der Waals surface area contributed by atoms with Crippen LogP contribution in [0.5, 0.6) is 11.5 Å². The maximum atomic E-state index is 12.0. The van der Waals surface area contributed by atoms with Crippen LogP contribution in [-0.2, 0) is 11.4 Å². The Labute approximate surface area is 183 Å². The van der Waals surface area contributed by atoms with E-state index >= 15 is 0 Å². The first-order chi connectivity index (χ1) is 14.0. The average Bonchev–Trinajstić information content (AvgIpc) is 3.17. The fraction of sp³-hybridized carbons (Fsp3) is 0.238. The van der Waals surface area contributed by atoms with Crippen LogP contribution in [0.4, 0.5) is 0 Å². The molecule has 1 unspecified atom stereocenters. The molecule has 2 aromatic rings. The highest BCUT2D eigenvalue weighted by Crippen LogP contribution is 2.38. The standard InChI is InChI=1S/C21H17Cl3N2O3/c1-28-18-7-11(15-9-19(27)26-21-14(15)4-5-25-21)2-3-17(18)29-10-12-6-13(22)8-16(23)20(12)24/h2-4,6-8,15H,5,9-10H2,1H3,(H,25,26,27). The van der Waals surface area contributed by atoms with E-state index in [0.717, 1.165) is 11.1 Å². The summed E-state index contributed by atoms with van der Waals surface area (Å²) in [4.78, 5) is 16.4. The Morgan fingerprint density at radius 1 is 1.17 bits per heavy atom. The summed E-state index contributed by atoms with van der Waals surface area (Å²) in [6, 6.07) is 8.95. The predicted octanol–water partition coefficient (Wildman–Crippen LogP) is 5.18. The molecular formula is C21H17Cl3N2O3. The predicted molar refractivity (Wildman–Crippen MR) is 115 cm³/mol. The minimum Gasteiger partial charge on any atom is -0.493 e. The van der Waals surface area contributed by atoms with Gasteiger partial charge in [0, 0.05) is 28.5 Å². The summed E-state index contributed by atoms with van der Waals surface area (Å²) in [5, 5.41) is 4.08. The summed E-state index contributed by atoms with van der Waals surface area (Å²) in [6.07, 6.45) is 2.41. The van der Waals surface area contributed by atoms with Crippen LogP contribution >= 0.6 is 34.8 Å². The summed E-state index contributed by atoms with van der Waals surface area (Å²) in [6.45, 7) is 0.769. The van der Waals surface area contributed by atoms with Crippen LogP contribution in [-0.4, -0.2) is 25.4 Å². The summed E-state index contributed by atoms with van der Waals surface area (Å²) in [5.74, 6) is 1.68. The zero-order valence-electron chi connectivity index (χ0n) is 15.5. The lowest BCUT2D eigenvalue weighted by Crippen LogP contribution is -2.38. The zero-order valence-corrected chi connectivity index (χ0v) is 17.7. The van der Waals surface area contributed by atoms with Gasteiger partial charge in [-0.2, -0.15) is 0 Å². The highest BCUT2D eigenvalue weighted by molar-refractivity contribution is 6.43. The van der Waals surface area contributed by atoms with Gasteiger partial charge in [-0.1, -0.05) is 46.9 Å². The van der Waals surface area contributed by atoms with Crippen molar-refractivity contribution < 1.29 is 14.3 Å². The minimum atomic E-state index is -0.0610. The van der Waals surface area contributed by atoms with Gasteiger partial charge in [0.1, 0.15) is 12.4 Å². The smallest absolute Gasteiger partial charge is 0.226 e. The number of amides is 1. The molecule has 1 N–H and O–H groups in total. The second-order valence-corrected chi connectivity index (χ2v) is 7.93. The van der Waals surface area contributed by atoms with Crippen LogP contribution in [0.25, 0.3) is 0 Å². The van der Waals surface area contributed by atoms with E-state index in [4.69, 9.17) is 44.3 Å². The quantitative estimate of drug-likeness (QED) is 0.638. The normalized spacial score (nSPS) is 17.9. The Morgan fingerprint density at radius 2 is 2.00 bits per heavy atom. The Bertz CT molecular complexity index is 1050. The van der Waals surface area contributed by atoms with Gasteiger partial charge in [-0.3, -0.25) is 9.79 Å². The molecule has 8 heteroatoms. The number of ether oxygens (including phenoxy) is 2. The van der Waals surface area contributed by atoms with Crippen LogP contribution in [0.1, 0.15) is 23.5 Å². The van der Waals surface area contributed by atoms with Gasteiger partial charge in [0.25, 0.3) is 0 Å². The van der Waals surface area contributed by atoms with Crippen LogP contribution < -0.4 is 14.8 Å². The fourth-order valence-electron chi connectivity index (χ4n) is 3.51. The molecule has 0 radical (unpaired) electrons. The zero-order chi connectivity index (χ0) is 20.5. The number of fused-ring (bicyclic) bond motifs is 1. The number of rotatable bonds is 5. The topological polar surface area (TPSA) is 59.9 Å². The van der Waals surface area contributed by atoms with E-state index in [1.54, 1.807) is 19.2 Å². The number of carbonyl (C=O) groups excluding carboxylic acids is 1. The number of hydrogen-bond donors (Lipinski definition) is 1. The van der Waals surface area contributed by atoms with Gasteiger partial charge in [0.2, 0.25) is 5.91 Å². The number of benzene rings is 2. The molecule has 2 aliphatic heterocycles. The van der Waals surface area contributed by atoms with Gasteiger partial charge in [-0.05, 0) is 29.8 Å². The van der Waals surface area contributed by atoms with Crippen LogP contribution in [0.2, 0.25) is 15.1 Å². The molecule has 0 aliphatic carbocycles. The van der Waals surface area contributed by atoms with Gasteiger partial charge in [0.05, 0.1) is 23.7 Å². The fourth-order valence-corrected chi connectivity index (χ4v) is 4.21. The molecule has 0 spiro atoms. The molecule has 1 saturated heterocycles. The molecule has 2 aromatic carbocycles. The lowest BCUT2D eigenvalue weighted by molar-refractivity contribution is -0.120. The Kier molecular flexibility index (Phi) is 5.72. The number of amidine groups is 1. The third-order valence-electron chi connectivity index (χ3n) is 4.90. The van der Waals surface area contributed by atoms with Crippen molar-refractivity contribution in [3.63, 3.8) is 0 Å². The molecule has 150 valence electrons. The molecule has 5 nitrogen and oxygen atoms in total. The summed E-state index contributed by atoms with van der Waals surface area (Å²) in [7, 11) is 1.57. The van der Waals surface area contributed by atoms with Gasteiger partial charge in [-0.25, -0.2) is 0 Å². The number of nitrogens with zero attached hydrogens (tertiary/aromatic N) is 1. The number of carbonyl (C=O) groups is 1. The van der Waals surface area contributed by atoms with Crippen molar-refractivity contribution in [1.82, 2.24) is 5.32 Å². The second-order valence-electron chi connectivity index (χ2n) is 6.71. The largest absolute Gasteiger partial charge is 0.493 e. The maximum absolute atomic E-state index is 12.0. The highest BCUT2D eigenvalue weighted by atomic mass is 35.5. The summed E-state index contributed by atoms with van der Waals surface area (Å²) < 4.78 is 11.4. The molecule has 4 rings (SSSR count). The van der Waals surface area contributed by atoms with Crippen molar-refractivity contribution in [1.29, 1.82) is 0 Å². The van der Waals surface area contributed by atoms with Crippen molar-refractivity contribution in [2.24, 2.45) is 4.99 Å². The monoisotopic (exact) mass is 450 g/mol. The number of piperidine rings is 1. The molecule has 1 amide bonds. The van der Waals surface area contributed by atoms with Gasteiger partial charge < -0.3 is 14.8 Å². The first kappa shape index (κ1) is 20.1. The third-order valence-corrected chi connectivity index (χ3v) is 5.96. The Balaban J connectivity index is 1.58. The number of aliphatic imine (C=N–C) groups is 1. The molecule has 2 heterocycles. The van der Waals surface area contributed by atoms with E-state index < -0.39 is 0 Å². The van der Waals surface area contributed by atoms with E-state index in [0.29, 0.717) is 50.9 Å². The van der Waals surface area contributed by atoms with Gasteiger partial charge in [0.15, 0.2) is 11.5 Å². The van der Waals surface area contributed by atoms with E-state index in [9.17, 15) is 4.79 Å². The van der Waals surface area contributed by atoms with Crippen LogP contribution in [0, 0.1) is 0 Å². The maximum Gasteiger partial charge on any atom is 0.226 e. The number of hydrogen-bond acceptors (Lipinski definition) is 4. The average molecular weight is 452 g/mol. The molecule has 0 saturated carbocycles. The first-order valence-electron chi connectivity index (χ1n) is 8.95. The third kappa shape index (κ3) is 4.08. The highest BCUT2D eigenvalue weighted by Gasteiger charge is 2.32. The number of methoxy groups -OCH3 is 1.